The van der Waals surface area contributed by atoms with Gasteiger partial charge >= 0.3 is 0 Å². The summed E-state index contributed by atoms with van der Waals surface area (Å²) in [4.78, 5) is 8.71. The number of aromatic nitrogens is 4. The van der Waals surface area contributed by atoms with Gasteiger partial charge in [0.25, 0.3) is 0 Å². The Kier molecular flexibility index (Phi) is 3.90. The third-order valence-electron chi connectivity index (χ3n) is 4.72. The molecule has 124 valence electrons. The van der Waals surface area contributed by atoms with Crippen molar-refractivity contribution in [3.8, 4) is 11.3 Å². The van der Waals surface area contributed by atoms with Crippen LogP contribution >= 0.6 is 0 Å². The van der Waals surface area contributed by atoms with Crippen LogP contribution in [-0.2, 0) is 0 Å². The molecule has 1 fully saturated rings. The molecule has 1 aliphatic rings. The highest BCUT2D eigenvalue weighted by Crippen LogP contribution is 2.29. The van der Waals surface area contributed by atoms with Gasteiger partial charge in [0.2, 0.25) is 0 Å². The normalized spacial score (nSPS) is 17.0. The maximum Gasteiger partial charge on any atom is 0.157 e. The van der Waals surface area contributed by atoms with Crippen molar-refractivity contribution in [1.82, 2.24) is 19.6 Å². The van der Waals surface area contributed by atoms with Crippen molar-refractivity contribution >= 4 is 11.5 Å². The van der Waals surface area contributed by atoms with Crippen molar-refractivity contribution < 1.29 is 5.11 Å². The summed E-state index contributed by atoms with van der Waals surface area (Å²) in [7, 11) is 0. The van der Waals surface area contributed by atoms with Crippen LogP contribution in [0.5, 0.6) is 0 Å². The van der Waals surface area contributed by atoms with E-state index >= 15 is 0 Å². The number of aliphatic hydroxyl groups is 1. The van der Waals surface area contributed by atoms with Crippen LogP contribution in [0.4, 0.5) is 5.82 Å². The molecule has 1 aliphatic carbocycles. The Morgan fingerprint density at radius 2 is 1.88 bits per heavy atom. The molecular formula is C18H21N5O. The molecule has 0 aromatic carbocycles. The zero-order chi connectivity index (χ0) is 16.4. The summed E-state index contributed by atoms with van der Waals surface area (Å²) < 4.78 is 1.77. The van der Waals surface area contributed by atoms with Crippen molar-refractivity contribution in [1.29, 1.82) is 0 Å². The van der Waals surface area contributed by atoms with E-state index in [0.717, 1.165) is 48.4 Å². The Bertz CT molecular complexity index is 824. The molecule has 4 rings (SSSR count). The van der Waals surface area contributed by atoms with Gasteiger partial charge in [0.15, 0.2) is 5.65 Å². The van der Waals surface area contributed by atoms with E-state index in [4.69, 9.17) is 0 Å². The fourth-order valence-corrected chi connectivity index (χ4v) is 3.35. The molecule has 0 aliphatic heterocycles. The predicted octanol–water partition coefficient (Wildman–Crippen LogP) is 2.90. The molecule has 24 heavy (non-hydrogen) atoms. The third kappa shape index (κ3) is 2.97. The van der Waals surface area contributed by atoms with E-state index in [1.807, 2.05) is 24.3 Å². The summed E-state index contributed by atoms with van der Waals surface area (Å²) in [5.41, 5.74) is 2.02. The maximum absolute atomic E-state index is 10.7. The number of anilines is 1. The molecule has 3 aromatic heterocycles. The van der Waals surface area contributed by atoms with Gasteiger partial charge in [-0.2, -0.15) is 9.61 Å². The van der Waals surface area contributed by atoms with Gasteiger partial charge in [-0.15, -0.1) is 0 Å². The fraction of sp³-hybridized carbons (Fsp3) is 0.389. The van der Waals surface area contributed by atoms with Crippen LogP contribution in [0, 0.1) is 0 Å². The highest BCUT2D eigenvalue weighted by molar-refractivity contribution is 5.65. The molecule has 0 bridgehead atoms. The van der Waals surface area contributed by atoms with Gasteiger partial charge in [0.05, 0.1) is 17.5 Å². The minimum absolute atomic E-state index is 0.530. The number of nitrogens with one attached hydrogen (secondary N) is 1. The zero-order valence-electron chi connectivity index (χ0n) is 13.5. The number of rotatable bonds is 4. The highest BCUT2D eigenvalue weighted by Gasteiger charge is 2.29. The van der Waals surface area contributed by atoms with E-state index in [9.17, 15) is 5.11 Å². The van der Waals surface area contributed by atoms with Crippen molar-refractivity contribution in [3.63, 3.8) is 0 Å². The van der Waals surface area contributed by atoms with E-state index < -0.39 is 5.60 Å². The lowest BCUT2D eigenvalue weighted by Crippen LogP contribution is -2.39. The first-order valence-electron chi connectivity index (χ1n) is 8.45. The molecule has 0 amide bonds. The van der Waals surface area contributed by atoms with Crippen molar-refractivity contribution in [2.24, 2.45) is 0 Å². The van der Waals surface area contributed by atoms with E-state index in [0.29, 0.717) is 6.54 Å². The topological polar surface area (TPSA) is 75.3 Å². The van der Waals surface area contributed by atoms with Crippen LogP contribution in [0.15, 0.2) is 42.9 Å². The van der Waals surface area contributed by atoms with E-state index in [1.54, 1.807) is 23.1 Å². The first kappa shape index (κ1) is 15.1. The second kappa shape index (κ2) is 6.20. The Hall–Kier alpha value is -2.47. The Labute approximate surface area is 140 Å². The van der Waals surface area contributed by atoms with E-state index in [2.05, 4.69) is 20.4 Å². The molecule has 6 nitrogen and oxygen atoms in total. The van der Waals surface area contributed by atoms with Gasteiger partial charge in [0, 0.05) is 36.6 Å². The maximum atomic E-state index is 10.7. The standard InChI is InChI=1S/C18H21N5O/c24-18(7-2-1-3-8-18)13-20-17-12-15(14-4-9-19-10-5-14)22-16-6-11-21-23(16)17/h4-6,9-12,20,24H,1-3,7-8,13H2. The summed E-state index contributed by atoms with van der Waals surface area (Å²) >= 11 is 0. The fourth-order valence-electron chi connectivity index (χ4n) is 3.35. The quantitative estimate of drug-likeness (QED) is 0.772. The van der Waals surface area contributed by atoms with Gasteiger partial charge < -0.3 is 10.4 Å². The monoisotopic (exact) mass is 323 g/mol. The summed E-state index contributed by atoms with van der Waals surface area (Å²) in [5.74, 6) is 0.843. The average molecular weight is 323 g/mol. The van der Waals surface area contributed by atoms with Crippen molar-refractivity contribution in [2.75, 3.05) is 11.9 Å². The lowest BCUT2D eigenvalue weighted by atomic mass is 9.85. The molecule has 3 heterocycles. The largest absolute Gasteiger partial charge is 0.388 e. The van der Waals surface area contributed by atoms with Gasteiger partial charge in [0.1, 0.15) is 5.82 Å². The first-order chi connectivity index (χ1) is 11.7. The Balaban J connectivity index is 1.65. The van der Waals surface area contributed by atoms with Crippen LogP contribution in [0.3, 0.4) is 0 Å². The number of pyridine rings is 1. The second-order valence-electron chi connectivity index (χ2n) is 6.50. The van der Waals surface area contributed by atoms with Crippen LogP contribution in [-0.4, -0.2) is 36.8 Å². The van der Waals surface area contributed by atoms with Gasteiger partial charge in [-0.1, -0.05) is 19.3 Å². The summed E-state index contributed by atoms with van der Waals surface area (Å²) in [6, 6.07) is 7.73. The molecule has 0 spiro atoms. The molecule has 3 aromatic rings. The molecule has 0 saturated heterocycles. The van der Waals surface area contributed by atoms with Gasteiger partial charge in [-0.3, -0.25) is 4.98 Å². The average Bonchev–Trinajstić information content (AvgIpc) is 3.10. The van der Waals surface area contributed by atoms with Crippen molar-refractivity contribution in [2.45, 2.75) is 37.7 Å². The first-order valence-corrected chi connectivity index (χ1v) is 8.45. The smallest absolute Gasteiger partial charge is 0.157 e. The second-order valence-corrected chi connectivity index (χ2v) is 6.50. The van der Waals surface area contributed by atoms with Crippen LogP contribution in [0.25, 0.3) is 16.9 Å². The number of hydrogen-bond donors (Lipinski definition) is 2. The summed E-state index contributed by atoms with van der Waals surface area (Å²) in [6.45, 7) is 0.530. The molecule has 0 atom stereocenters. The summed E-state index contributed by atoms with van der Waals surface area (Å²) in [5, 5.41) is 18.5. The molecular weight excluding hydrogens is 302 g/mol. The van der Waals surface area contributed by atoms with Crippen LogP contribution < -0.4 is 5.32 Å². The number of hydrogen-bond acceptors (Lipinski definition) is 5. The van der Waals surface area contributed by atoms with Gasteiger partial charge in [-0.25, -0.2) is 4.98 Å². The van der Waals surface area contributed by atoms with Gasteiger partial charge in [-0.05, 0) is 25.0 Å². The summed E-state index contributed by atoms with van der Waals surface area (Å²) in [6.07, 6.45) is 10.4. The zero-order valence-corrected chi connectivity index (χ0v) is 13.5. The SMILES string of the molecule is OC1(CNc2cc(-c3ccncc3)nc3ccnn23)CCCCC1. The van der Waals surface area contributed by atoms with E-state index in [-0.39, 0.29) is 0 Å². The minimum Gasteiger partial charge on any atom is -0.388 e. The molecule has 0 radical (unpaired) electrons. The third-order valence-corrected chi connectivity index (χ3v) is 4.72. The number of nitrogens with zero attached hydrogens (tertiary/aromatic N) is 4. The highest BCUT2D eigenvalue weighted by atomic mass is 16.3. The minimum atomic E-state index is -0.627. The number of fused-ring (bicyclic) bond motifs is 1. The molecule has 6 heteroatoms. The predicted molar refractivity (Wildman–Crippen MR) is 92.7 cm³/mol. The van der Waals surface area contributed by atoms with Crippen LogP contribution in [0.2, 0.25) is 0 Å². The van der Waals surface area contributed by atoms with Crippen LogP contribution in [0.1, 0.15) is 32.1 Å². The van der Waals surface area contributed by atoms with Crippen molar-refractivity contribution in [3.05, 3.63) is 42.9 Å². The molecule has 0 unspecified atom stereocenters. The molecule has 2 N–H and O–H groups in total. The lowest BCUT2D eigenvalue weighted by molar-refractivity contribution is 0.0166. The van der Waals surface area contributed by atoms with E-state index in [1.165, 1.54) is 6.42 Å². The Morgan fingerprint density at radius 3 is 2.67 bits per heavy atom. The lowest BCUT2D eigenvalue weighted by Gasteiger charge is -2.32. The Morgan fingerprint density at radius 1 is 1.08 bits per heavy atom. The molecule has 1 saturated carbocycles.